The van der Waals surface area contributed by atoms with E-state index in [1.54, 1.807) is 18.3 Å². The number of rotatable bonds is 5. The number of ether oxygens (including phenoxy) is 1. The van der Waals surface area contributed by atoms with E-state index in [2.05, 4.69) is 5.32 Å². The van der Waals surface area contributed by atoms with E-state index in [0.29, 0.717) is 16.5 Å². The van der Waals surface area contributed by atoms with Gasteiger partial charge in [-0.3, -0.25) is 19.0 Å². The van der Waals surface area contributed by atoms with Crippen molar-refractivity contribution >= 4 is 28.7 Å². The minimum Gasteiger partial charge on any atom is -0.469 e. The van der Waals surface area contributed by atoms with Gasteiger partial charge in [0.2, 0.25) is 5.91 Å². The molecule has 1 heterocycles. The molecule has 6 heteroatoms. The van der Waals surface area contributed by atoms with Crippen molar-refractivity contribution in [2.75, 3.05) is 7.11 Å². The molecule has 1 amide bonds. The molecule has 0 bridgehead atoms. The third-order valence-electron chi connectivity index (χ3n) is 4.85. The first kappa shape index (κ1) is 20.3. The SMILES string of the molecule is COC(=O)CC(NC(=O)c1cn(C(C)=O)c2ccccc12)c1cc(C)cc(C)c1. The van der Waals surface area contributed by atoms with Crippen LogP contribution in [0.15, 0.2) is 48.7 Å². The van der Waals surface area contributed by atoms with Crippen molar-refractivity contribution in [1.29, 1.82) is 0 Å². The summed E-state index contributed by atoms with van der Waals surface area (Å²) < 4.78 is 6.27. The number of aryl methyl sites for hydroxylation is 2. The van der Waals surface area contributed by atoms with Crippen LogP contribution < -0.4 is 5.32 Å². The van der Waals surface area contributed by atoms with Gasteiger partial charge in [0.05, 0.1) is 30.7 Å². The lowest BCUT2D eigenvalue weighted by Crippen LogP contribution is -2.30. The van der Waals surface area contributed by atoms with Crippen LogP contribution in [0.25, 0.3) is 10.9 Å². The average molecular weight is 392 g/mol. The minimum absolute atomic E-state index is 0.0104. The maximum absolute atomic E-state index is 13.1. The number of nitrogens with one attached hydrogen (secondary N) is 1. The Labute approximate surface area is 169 Å². The molecule has 1 aromatic heterocycles. The maximum Gasteiger partial charge on any atom is 0.307 e. The van der Waals surface area contributed by atoms with Crippen LogP contribution in [0.2, 0.25) is 0 Å². The zero-order chi connectivity index (χ0) is 21.1. The molecule has 0 spiro atoms. The fraction of sp³-hybridized carbons (Fsp3) is 0.261. The van der Waals surface area contributed by atoms with Crippen molar-refractivity contribution in [3.63, 3.8) is 0 Å². The third kappa shape index (κ3) is 4.37. The van der Waals surface area contributed by atoms with Crippen LogP contribution in [0.1, 0.15) is 51.2 Å². The standard InChI is InChI=1S/C23H24N2O4/c1-14-9-15(2)11-17(10-14)20(12-22(27)29-4)24-23(28)19-13-25(16(3)26)21-8-6-5-7-18(19)21/h5-11,13,20H,12H2,1-4H3,(H,24,28). The molecule has 0 aliphatic carbocycles. The van der Waals surface area contributed by atoms with Crippen molar-refractivity contribution in [2.24, 2.45) is 0 Å². The Morgan fingerprint density at radius 1 is 1.07 bits per heavy atom. The van der Waals surface area contributed by atoms with Gasteiger partial charge in [0.15, 0.2) is 0 Å². The number of carbonyl (C=O) groups is 3. The molecule has 0 fully saturated rings. The smallest absolute Gasteiger partial charge is 0.307 e. The summed E-state index contributed by atoms with van der Waals surface area (Å²) in [6.45, 7) is 5.38. The lowest BCUT2D eigenvalue weighted by atomic mass is 9.98. The first-order valence-corrected chi connectivity index (χ1v) is 9.37. The van der Waals surface area contributed by atoms with Gasteiger partial charge in [-0.1, -0.05) is 47.5 Å². The van der Waals surface area contributed by atoms with E-state index < -0.39 is 12.0 Å². The molecule has 6 nitrogen and oxygen atoms in total. The molecule has 2 aromatic carbocycles. The van der Waals surface area contributed by atoms with Gasteiger partial charge < -0.3 is 10.1 Å². The van der Waals surface area contributed by atoms with Crippen LogP contribution in [0, 0.1) is 13.8 Å². The lowest BCUT2D eigenvalue weighted by molar-refractivity contribution is -0.141. The first-order valence-electron chi connectivity index (χ1n) is 9.37. The van der Waals surface area contributed by atoms with Gasteiger partial charge in [0.1, 0.15) is 0 Å². The predicted molar refractivity (Wildman–Crippen MR) is 111 cm³/mol. The summed E-state index contributed by atoms with van der Waals surface area (Å²) in [7, 11) is 1.32. The zero-order valence-electron chi connectivity index (χ0n) is 17.0. The largest absolute Gasteiger partial charge is 0.469 e. The number of benzene rings is 2. The van der Waals surface area contributed by atoms with E-state index in [1.165, 1.54) is 18.6 Å². The molecule has 3 aromatic rings. The van der Waals surface area contributed by atoms with Crippen molar-refractivity contribution in [1.82, 2.24) is 9.88 Å². The molecule has 3 rings (SSSR count). The summed E-state index contributed by atoms with van der Waals surface area (Å²) in [5.41, 5.74) is 3.96. The fourth-order valence-electron chi connectivity index (χ4n) is 3.57. The Hall–Kier alpha value is -3.41. The number of para-hydroxylation sites is 1. The summed E-state index contributed by atoms with van der Waals surface area (Å²) in [6, 6.07) is 12.6. The van der Waals surface area contributed by atoms with Crippen LogP contribution in [-0.4, -0.2) is 29.5 Å². The highest BCUT2D eigenvalue weighted by molar-refractivity contribution is 6.09. The summed E-state index contributed by atoms with van der Waals surface area (Å²) >= 11 is 0. The van der Waals surface area contributed by atoms with E-state index in [-0.39, 0.29) is 18.2 Å². The molecule has 0 aliphatic rings. The number of nitrogens with zero attached hydrogens (tertiary/aromatic N) is 1. The molecule has 1 atom stereocenters. The van der Waals surface area contributed by atoms with Crippen molar-refractivity contribution in [2.45, 2.75) is 33.2 Å². The second-order valence-corrected chi connectivity index (χ2v) is 7.18. The molecule has 0 aliphatic heterocycles. The predicted octanol–water partition coefficient (Wildman–Crippen LogP) is 3.95. The monoisotopic (exact) mass is 392 g/mol. The Morgan fingerprint density at radius 2 is 1.72 bits per heavy atom. The van der Waals surface area contributed by atoms with E-state index in [0.717, 1.165) is 16.7 Å². The summed E-state index contributed by atoms with van der Waals surface area (Å²) in [4.78, 5) is 37.1. The Balaban J connectivity index is 2.00. The number of hydrogen-bond acceptors (Lipinski definition) is 4. The van der Waals surface area contributed by atoms with Crippen molar-refractivity contribution in [3.05, 3.63) is 70.9 Å². The van der Waals surface area contributed by atoms with Crippen LogP contribution in [-0.2, 0) is 9.53 Å². The van der Waals surface area contributed by atoms with Gasteiger partial charge >= 0.3 is 5.97 Å². The van der Waals surface area contributed by atoms with E-state index in [4.69, 9.17) is 4.74 Å². The summed E-state index contributed by atoms with van der Waals surface area (Å²) in [5, 5.41) is 3.63. The van der Waals surface area contributed by atoms with Crippen molar-refractivity contribution < 1.29 is 19.1 Å². The lowest BCUT2D eigenvalue weighted by Gasteiger charge is -2.19. The average Bonchev–Trinajstić information content (AvgIpc) is 3.06. The minimum atomic E-state index is -0.548. The fourth-order valence-corrected chi connectivity index (χ4v) is 3.57. The molecule has 0 saturated heterocycles. The van der Waals surface area contributed by atoms with Gasteiger partial charge in [-0.15, -0.1) is 0 Å². The number of methoxy groups -OCH3 is 1. The molecular formula is C23H24N2O4. The van der Waals surface area contributed by atoms with Gasteiger partial charge in [-0.2, -0.15) is 0 Å². The zero-order valence-corrected chi connectivity index (χ0v) is 17.0. The molecule has 0 saturated carbocycles. The maximum atomic E-state index is 13.1. The summed E-state index contributed by atoms with van der Waals surface area (Å²) in [5.74, 6) is -0.949. The molecule has 150 valence electrons. The number of hydrogen-bond donors (Lipinski definition) is 1. The van der Waals surface area contributed by atoms with E-state index in [9.17, 15) is 14.4 Å². The van der Waals surface area contributed by atoms with Crippen LogP contribution in [0.5, 0.6) is 0 Å². The quantitative estimate of drug-likeness (QED) is 0.667. The normalized spacial score (nSPS) is 11.9. The molecule has 1 unspecified atom stereocenters. The van der Waals surface area contributed by atoms with Crippen molar-refractivity contribution in [3.8, 4) is 0 Å². The number of esters is 1. The van der Waals surface area contributed by atoms with Crippen LogP contribution >= 0.6 is 0 Å². The first-order chi connectivity index (χ1) is 13.8. The highest BCUT2D eigenvalue weighted by Gasteiger charge is 2.23. The number of carbonyl (C=O) groups excluding carboxylic acids is 3. The number of fused-ring (bicyclic) bond motifs is 1. The van der Waals surface area contributed by atoms with Crippen LogP contribution in [0.3, 0.4) is 0 Å². The topological polar surface area (TPSA) is 77.4 Å². The molecule has 1 N–H and O–H groups in total. The Morgan fingerprint density at radius 3 is 2.34 bits per heavy atom. The number of aromatic nitrogens is 1. The number of amides is 1. The second kappa shape index (κ2) is 8.31. The van der Waals surface area contributed by atoms with E-state index >= 15 is 0 Å². The van der Waals surface area contributed by atoms with E-state index in [1.807, 2.05) is 44.2 Å². The molecule has 0 radical (unpaired) electrons. The Kier molecular flexibility index (Phi) is 5.82. The highest BCUT2D eigenvalue weighted by atomic mass is 16.5. The second-order valence-electron chi connectivity index (χ2n) is 7.18. The van der Waals surface area contributed by atoms with Gasteiger partial charge in [-0.05, 0) is 25.5 Å². The van der Waals surface area contributed by atoms with Crippen LogP contribution in [0.4, 0.5) is 0 Å². The Bertz CT molecular complexity index is 1080. The van der Waals surface area contributed by atoms with Gasteiger partial charge in [0, 0.05) is 18.5 Å². The third-order valence-corrected chi connectivity index (χ3v) is 4.85. The van der Waals surface area contributed by atoms with Gasteiger partial charge in [0.25, 0.3) is 5.91 Å². The van der Waals surface area contributed by atoms with Gasteiger partial charge in [-0.25, -0.2) is 0 Å². The summed E-state index contributed by atoms with van der Waals surface area (Å²) in [6.07, 6.45) is 1.55. The highest BCUT2D eigenvalue weighted by Crippen LogP contribution is 2.25. The molecule has 29 heavy (non-hydrogen) atoms. The molecular weight excluding hydrogens is 368 g/mol.